The van der Waals surface area contributed by atoms with Crippen molar-refractivity contribution in [1.82, 2.24) is 4.90 Å². The van der Waals surface area contributed by atoms with Crippen LogP contribution in [0.2, 0.25) is 0 Å². The van der Waals surface area contributed by atoms with E-state index in [4.69, 9.17) is 9.84 Å². The van der Waals surface area contributed by atoms with Crippen LogP contribution >= 0.6 is 0 Å². The third-order valence-corrected chi connectivity index (χ3v) is 3.29. The van der Waals surface area contributed by atoms with Gasteiger partial charge in [0.05, 0.1) is 13.5 Å². The number of aliphatic carboxylic acids is 1. The summed E-state index contributed by atoms with van der Waals surface area (Å²) in [6.45, 7) is 0.181. The molecule has 1 amide bonds. The van der Waals surface area contributed by atoms with E-state index >= 15 is 0 Å². The molecule has 0 saturated heterocycles. The van der Waals surface area contributed by atoms with Crippen LogP contribution in [0.15, 0.2) is 24.3 Å². The van der Waals surface area contributed by atoms with Crippen LogP contribution in [0.3, 0.4) is 0 Å². The van der Waals surface area contributed by atoms with Gasteiger partial charge in [-0.3, -0.25) is 14.4 Å². The topological polar surface area (TPSA) is 83.9 Å². The Morgan fingerprint density at radius 3 is 2.27 bits per heavy atom. The highest BCUT2D eigenvalue weighted by Crippen LogP contribution is 2.14. The van der Waals surface area contributed by atoms with Crippen LogP contribution in [0.5, 0.6) is 5.75 Å². The lowest BCUT2D eigenvalue weighted by Crippen LogP contribution is -2.28. The van der Waals surface area contributed by atoms with Gasteiger partial charge in [-0.05, 0) is 30.7 Å². The summed E-state index contributed by atoms with van der Waals surface area (Å²) in [7, 11) is 3.12. The van der Waals surface area contributed by atoms with Gasteiger partial charge in [-0.25, -0.2) is 0 Å². The molecule has 0 bridgehead atoms. The third-order valence-electron chi connectivity index (χ3n) is 3.29. The Morgan fingerprint density at radius 1 is 1.09 bits per heavy atom. The SMILES string of the molecule is COc1ccc(C(=O)CCCC(=O)N(C)CCC(=O)O)cc1. The second kappa shape index (κ2) is 8.81. The number of carboxylic acid groups (broad SMARTS) is 1. The van der Waals surface area contributed by atoms with E-state index in [-0.39, 0.29) is 37.5 Å². The standard InChI is InChI=1S/C16H21NO5/c1-17(11-10-16(20)21)15(19)5-3-4-14(18)12-6-8-13(22-2)9-7-12/h6-9H,3-5,10-11H2,1-2H3,(H,20,21). The summed E-state index contributed by atoms with van der Waals surface area (Å²) >= 11 is 0. The summed E-state index contributed by atoms with van der Waals surface area (Å²) in [5.74, 6) is -0.423. The zero-order chi connectivity index (χ0) is 16.5. The predicted molar refractivity (Wildman–Crippen MR) is 81.1 cm³/mol. The van der Waals surface area contributed by atoms with Crippen molar-refractivity contribution in [2.45, 2.75) is 25.7 Å². The molecule has 0 aliphatic carbocycles. The summed E-state index contributed by atoms with van der Waals surface area (Å²) in [6.07, 6.45) is 0.886. The van der Waals surface area contributed by atoms with Crippen LogP contribution in [0, 0.1) is 0 Å². The van der Waals surface area contributed by atoms with Crippen molar-refractivity contribution in [2.75, 3.05) is 20.7 Å². The van der Waals surface area contributed by atoms with Gasteiger partial charge in [-0.1, -0.05) is 0 Å². The lowest BCUT2D eigenvalue weighted by Gasteiger charge is -2.15. The minimum absolute atomic E-state index is 0.0244. The van der Waals surface area contributed by atoms with Crippen LogP contribution in [0.1, 0.15) is 36.0 Å². The molecule has 1 N–H and O–H groups in total. The normalized spacial score (nSPS) is 10.1. The average Bonchev–Trinajstić information content (AvgIpc) is 2.52. The number of benzene rings is 1. The van der Waals surface area contributed by atoms with Crippen molar-refractivity contribution in [3.05, 3.63) is 29.8 Å². The molecule has 1 aromatic rings. The first-order chi connectivity index (χ1) is 10.4. The van der Waals surface area contributed by atoms with Crippen LogP contribution in [0.4, 0.5) is 0 Å². The molecule has 0 atom stereocenters. The predicted octanol–water partition coefficient (Wildman–Crippen LogP) is 1.98. The van der Waals surface area contributed by atoms with E-state index in [9.17, 15) is 14.4 Å². The van der Waals surface area contributed by atoms with Gasteiger partial charge in [0, 0.05) is 32.0 Å². The van der Waals surface area contributed by atoms with Crippen LogP contribution < -0.4 is 4.74 Å². The summed E-state index contributed by atoms with van der Waals surface area (Å²) in [5.41, 5.74) is 0.590. The molecule has 0 aliphatic heterocycles. The van der Waals surface area contributed by atoms with Crippen LogP contribution in [-0.4, -0.2) is 48.4 Å². The van der Waals surface area contributed by atoms with Crippen LogP contribution in [0.25, 0.3) is 0 Å². The average molecular weight is 307 g/mol. The quantitative estimate of drug-likeness (QED) is 0.705. The number of amides is 1. The molecule has 0 heterocycles. The molecule has 6 nitrogen and oxygen atoms in total. The number of carbonyl (C=O) groups is 3. The molecule has 0 aliphatic rings. The molecular weight excluding hydrogens is 286 g/mol. The molecule has 22 heavy (non-hydrogen) atoms. The summed E-state index contributed by atoms with van der Waals surface area (Å²) < 4.78 is 5.02. The molecule has 120 valence electrons. The number of ether oxygens (including phenoxy) is 1. The Labute approximate surface area is 129 Å². The number of rotatable bonds is 9. The van der Waals surface area contributed by atoms with E-state index in [0.717, 1.165) is 0 Å². The fraction of sp³-hybridized carbons (Fsp3) is 0.438. The fourth-order valence-corrected chi connectivity index (χ4v) is 1.90. The van der Waals surface area contributed by atoms with E-state index in [2.05, 4.69) is 0 Å². The summed E-state index contributed by atoms with van der Waals surface area (Å²) in [4.78, 5) is 35.6. The Morgan fingerprint density at radius 2 is 1.73 bits per heavy atom. The van der Waals surface area contributed by atoms with E-state index < -0.39 is 5.97 Å². The number of carbonyl (C=O) groups excluding carboxylic acids is 2. The molecule has 0 radical (unpaired) electrons. The van der Waals surface area contributed by atoms with E-state index in [0.29, 0.717) is 17.7 Å². The van der Waals surface area contributed by atoms with Gasteiger partial charge in [0.1, 0.15) is 5.75 Å². The van der Waals surface area contributed by atoms with Crippen molar-refractivity contribution in [1.29, 1.82) is 0 Å². The van der Waals surface area contributed by atoms with Gasteiger partial charge in [0.15, 0.2) is 5.78 Å². The number of hydrogen-bond acceptors (Lipinski definition) is 4. The van der Waals surface area contributed by atoms with Gasteiger partial charge >= 0.3 is 5.97 Å². The maximum absolute atomic E-state index is 12.0. The maximum atomic E-state index is 12.0. The zero-order valence-electron chi connectivity index (χ0n) is 12.9. The number of methoxy groups -OCH3 is 1. The molecule has 1 aromatic carbocycles. The van der Waals surface area contributed by atoms with E-state index in [1.807, 2.05) is 0 Å². The molecular formula is C16H21NO5. The van der Waals surface area contributed by atoms with E-state index in [1.165, 1.54) is 4.90 Å². The fourth-order valence-electron chi connectivity index (χ4n) is 1.90. The number of hydrogen-bond donors (Lipinski definition) is 1. The highest BCUT2D eigenvalue weighted by molar-refractivity contribution is 5.96. The second-order valence-electron chi connectivity index (χ2n) is 4.96. The first-order valence-electron chi connectivity index (χ1n) is 7.07. The van der Waals surface area contributed by atoms with E-state index in [1.54, 1.807) is 38.4 Å². The van der Waals surface area contributed by atoms with Crippen molar-refractivity contribution in [3.63, 3.8) is 0 Å². The minimum atomic E-state index is -0.936. The van der Waals surface area contributed by atoms with Crippen LogP contribution in [-0.2, 0) is 9.59 Å². The van der Waals surface area contributed by atoms with Crippen molar-refractivity contribution >= 4 is 17.7 Å². The lowest BCUT2D eigenvalue weighted by atomic mass is 10.1. The number of nitrogens with zero attached hydrogens (tertiary/aromatic N) is 1. The molecule has 0 aromatic heterocycles. The molecule has 0 saturated carbocycles. The summed E-state index contributed by atoms with van der Waals surface area (Å²) in [5, 5.41) is 8.56. The molecule has 6 heteroatoms. The maximum Gasteiger partial charge on any atom is 0.305 e. The number of ketones is 1. The van der Waals surface area contributed by atoms with Crippen molar-refractivity contribution in [3.8, 4) is 5.75 Å². The van der Waals surface area contributed by atoms with Gasteiger partial charge in [0.2, 0.25) is 5.91 Å². The van der Waals surface area contributed by atoms with Gasteiger partial charge < -0.3 is 14.7 Å². The highest BCUT2D eigenvalue weighted by atomic mass is 16.5. The van der Waals surface area contributed by atoms with Gasteiger partial charge in [0.25, 0.3) is 0 Å². The minimum Gasteiger partial charge on any atom is -0.497 e. The Balaban J connectivity index is 2.34. The Hall–Kier alpha value is -2.37. The summed E-state index contributed by atoms with van der Waals surface area (Å²) in [6, 6.07) is 6.83. The zero-order valence-corrected chi connectivity index (χ0v) is 12.9. The Bertz CT molecular complexity index is 524. The highest BCUT2D eigenvalue weighted by Gasteiger charge is 2.12. The first-order valence-corrected chi connectivity index (χ1v) is 7.07. The molecule has 0 spiro atoms. The van der Waals surface area contributed by atoms with Gasteiger partial charge in [-0.15, -0.1) is 0 Å². The van der Waals surface area contributed by atoms with Crippen molar-refractivity contribution in [2.24, 2.45) is 0 Å². The largest absolute Gasteiger partial charge is 0.497 e. The number of Topliss-reactive ketones (excluding diaryl/α,β-unsaturated/α-hetero) is 1. The molecule has 0 fully saturated rings. The Kier molecular flexibility index (Phi) is 7.08. The first kappa shape index (κ1) is 17.7. The monoisotopic (exact) mass is 307 g/mol. The third kappa shape index (κ3) is 5.95. The van der Waals surface area contributed by atoms with Gasteiger partial charge in [-0.2, -0.15) is 0 Å². The molecule has 1 rings (SSSR count). The van der Waals surface area contributed by atoms with Crippen molar-refractivity contribution < 1.29 is 24.2 Å². The smallest absolute Gasteiger partial charge is 0.305 e. The molecule has 0 unspecified atom stereocenters. The number of carboxylic acids is 1. The second-order valence-corrected chi connectivity index (χ2v) is 4.96. The lowest BCUT2D eigenvalue weighted by molar-refractivity contribution is -0.138.